The number of hydrogen-bond donors (Lipinski definition) is 1. The van der Waals surface area contributed by atoms with Gasteiger partial charge in [-0.05, 0) is 38.0 Å². The van der Waals surface area contributed by atoms with Crippen LogP contribution < -0.4 is 0 Å². The van der Waals surface area contributed by atoms with Crippen molar-refractivity contribution >= 4 is 12.0 Å². The van der Waals surface area contributed by atoms with Crippen LogP contribution in [0.1, 0.15) is 25.5 Å². The Morgan fingerprint density at radius 2 is 2.36 bits per heavy atom. The molecule has 1 aliphatic rings. The molecule has 1 saturated carbocycles. The zero-order chi connectivity index (χ0) is 10.2. The zero-order valence-electron chi connectivity index (χ0n) is 7.99. The summed E-state index contributed by atoms with van der Waals surface area (Å²) in [5.74, 6) is -0.00664. The van der Waals surface area contributed by atoms with Crippen molar-refractivity contribution in [2.24, 2.45) is 5.41 Å². The highest BCUT2D eigenvalue weighted by Gasteiger charge is 2.51. The fraction of sp³-hybridized carbons (Fsp3) is 0.364. The van der Waals surface area contributed by atoms with Gasteiger partial charge in [-0.25, -0.2) is 0 Å². The molecule has 1 heterocycles. The van der Waals surface area contributed by atoms with Crippen molar-refractivity contribution in [2.75, 3.05) is 0 Å². The minimum atomic E-state index is -0.724. The largest absolute Gasteiger partial charge is 0.481 e. The third kappa shape index (κ3) is 1.35. The van der Waals surface area contributed by atoms with Gasteiger partial charge in [-0.2, -0.15) is 0 Å². The Morgan fingerprint density at radius 1 is 1.64 bits per heavy atom. The van der Waals surface area contributed by atoms with E-state index in [4.69, 9.17) is 9.52 Å². The molecule has 74 valence electrons. The highest BCUT2D eigenvalue weighted by atomic mass is 16.4. The SMILES string of the molecule is C/C(=C\c1ccco1)C1(C(=O)O)CC1. The quantitative estimate of drug-likeness (QED) is 0.800. The number of carbonyl (C=O) groups is 1. The standard InChI is InChI=1S/C11H12O3/c1-8(7-9-3-2-6-14-9)11(4-5-11)10(12)13/h2-3,6-7H,4-5H2,1H3,(H,12,13)/b8-7+. The summed E-state index contributed by atoms with van der Waals surface area (Å²) in [5.41, 5.74) is 0.271. The van der Waals surface area contributed by atoms with Gasteiger partial charge in [-0.3, -0.25) is 4.79 Å². The van der Waals surface area contributed by atoms with Gasteiger partial charge in [0.25, 0.3) is 0 Å². The average Bonchev–Trinajstić information content (AvgIpc) is 2.81. The fourth-order valence-electron chi connectivity index (χ4n) is 1.63. The predicted molar refractivity (Wildman–Crippen MR) is 51.7 cm³/mol. The predicted octanol–water partition coefficient (Wildman–Crippen LogP) is 2.55. The summed E-state index contributed by atoms with van der Waals surface area (Å²) < 4.78 is 5.14. The van der Waals surface area contributed by atoms with E-state index in [1.807, 2.05) is 13.0 Å². The summed E-state index contributed by atoms with van der Waals surface area (Å²) in [5, 5.41) is 9.03. The topological polar surface area (TPSA) is 50.4 Å². The van der Waals surface area contributed by atoms with Crippen molar-refractivity contribution in [2.45, 2.75) is 19.8 Å². The van der Waals surface area contributed by atoms with Gasteiger partial charge in [-0.15, -0.1) is 0 Å². The van der Waals surface area contributed by atoms with Crippen LogP contribution in [0.2, 0.25) is 0 Å². The van der Waals surface area contributed by atoms with Crippen LogP contribution >= 0.6 is 0 Å². The first-order chi connectivity index (χ1) is 6.65. The monoisotopic (exact) mass is 192 g/mol. The Bertz CT molecular complexity index is 369. The fourth-order valence-corrected chi connectivity index (χ4v) is 1.63. The Hall–Kier alpha value is -1.51. The normalized spacial score (nSPS) is 19.4. The molecule has 0 radical (unpaired) electrons. The molecular weight excluding hydrogens is 180 g/mol. The number of furan rings is 1. The molecule has 0 aromatic carbocycles. The van der Waals surface area contributed by atoms with Crippen molar-refractivity contribution in [3.05, 3.63) is 29.7 Å². The summed E-state index contributed by atoms with van der Waals surface area (Å²) in [6, 6.07) is 3.61. The first-order valence-electron chi connectivity index (χ1n) is 4.61. The van der Waals surface area contributed by atoms with Crippen LogP contribution in [0.25, 0.3) is 6.08 Å². The molecule has 1 N–H and O–H groups in total. The number of rotatable bonds is 3. The molecule has 0 aliphatic heterocycles. The van der Waals surface area contributed by atoms with Gasteiger partial charge in [0.15, 0.2) is 0 Å². The van der Waals surface area contributed by atoms with Crippen molar-refractivity contribution in [3.63, 3.8) is 0 Å². The average molecular weight is 192 g/mol. The van der Waals surface area contributed by atoms with Gasteiger partial charge in [0.05, 0.1) is 11.7 Å². The molecule has 3 heteroatoms. The Balaban J connectivity index is 2.24. The van der Waals surface area contributed by atoms with Crippen molar-refractivity contribution in [3.8, 4) is 0 Å². The molecule has 0 atom stereocenters. The summed E-state index contributed by atoms with van der Waals surface area (Å²) in [6.07, 6.45) is 4.87. The molecular formula is C11H12O3. The van der Waals surface area contributed by atoms with E-state index in [0.717, 1.165) is 24.2 Å². The van der Waals surface area contributed by atoms with Crippen LogP contribution in [0.5, 0.6) is 0 Å². The second kappa shape index (κ2) is 3.01. The van der Waals surface area contributed by atoms with Gasteiger partial charge in [0.1, 0.15) is 5.76 Å². The summed E-state index contributed by atoms with van der Waals surface area (Å²) in [6.45, 7) is 1.85. The van der Waals surface area contributed by atoms with Crippen molar-refractivity contribution < 1.29 is 14.3 Å². The third-order valence-corrected chi connectivity index (χ3v) is 2.82. The number of aliphatic carboxylic acids is 1. The minimum absolute atomic E-state index is 0.604. The van der Waals surface area contributed by atoms with E-state index in [0.29, 0.717) is 0 Å². The van der Waals surface area contributed by atoms with Crippen molar-refractivity contribution in [1.29, 1.82) is 0 Å². The van der Waals surface area contributed by atoms with Crippen LogP contribution in [-0.4, -0.2) is 11.1 Å². The molecule has 0 unspecified atom stereocenters. The summed E-state index contributed by atoms with van der Waals surface area (Å²) >= 11 is 0. The van der Waals surface area contributed by atoms with Crippen molar-refractivity contribution in [1.82, 2.24) is 0 Å². The van der Waals surface area contributed by atoms with Crippen LogP contribution in [0.3, 0.4) is 0 Å². The molecule has 1 aromatic rings. The number of carboxylic acids is 1. The molecule has 0 spiro atoms. The molecule has 0 saturated heterocycles. The first-order valence-corrected chi connectivity index (χ1v) is 4.61. The van der Waals surface area contributed by atoms with Gasteiger partial charge in [0.2, 0.25) is 0 Å². The second-order valence-corrected chi connectivity index (χ2v) is 3.73. The van der Waals surface area contributed by atoms with E-state index < -0.39 is 11.4 Å². The van der Waals surface area contributed by atoms with Gasteiger partial charge >= 0.3 is 5.97 Å². The number of carboxylic acid groups (broad SMARTS) is 1. The van der Waals surface area contributed by atoms with Gasteiger partial charge < -0.3 is 9.52 Å². The molecule has 3 nitrogen and oxygen atoms in total. The van der Waals surface area contributed by atoms with Gasteiger partial charge in [0, 0.05) is 0 Å². The van der Waals surface area contributed by atoms with E-state index in [1.165, 1.54) is 0 Å². The lowest BCUT2D eigenvalue weighted by Gasteiger charge is -2.08. The molecule has 1 aliphatic carbocycles. The maximum Gasteiger partial charge on any atom is 0.313 e. The van der Waals surface area contributed by atoms with Crippen LogP contribution in [-0.2, 0) is 4.79 Å². The summed E-state index contributed by atoms with van der Waals surface area (Å²) in [7, 11) is 0. The smallest absolute Gasteiger partial charge is 0.313 e. The highest BCUT2D eigenvalue weighted by Crippen LogP contribution is 2.52. The van der Waals surface area contributed by atoms with E-state index in [-0.39, 0.29) is 0 Å². The van der Waals surface area contributed by atoms with Gasteiger partial charge in [-0.1, -0.05) is 5.57 Å². The third-order valence-electron chi connectivity index (χ3n) is 2.82. The maximum atomic E-state index is 11.0. The zero-order valence-corrected chi connectivity index (χ0v) is 7.99. The minimum Gasteiger partial charge on any atom is -0.481 e. The molecule has 1 fully saturated rings. The van der Waals surface area contributed by atoms with Crippen LogP contribution in [0, 0.1) is 5.41 Å². The lowest BCUT2D eigenvalue weighted by molar-refractivity contribution is -0.141. The van der Waals surface area contributed by atoms with Crippen LogP contribution in [0.15, 0.2) is 28.4 Å². The second-order valence-electron chi connectivity index (χ2n) is 3.73. The Labute approximate surface area is 82.0 Å². The molecule has 0 amide bonds. The number of hydrogen-bond acceptors (Lipinski definition) is 2. The first kappa shape index (κ1) is 9.06. The lowest BCUT2D eigenvalue weighted by atomic mass is 9.97. The van der Waals surface area contributed by atoms with E-state index in [1.54, 1.807) is 18.4 Å². The van der Waals surface area contributed by atoms with Crippen LogP contribution in [0.4, 0.5) is 0 Å². The molecule has 1 aromatic heterocycles. The van der Waals surface area contributed by atoms with E-state index in [9.17, 15) is 4.79 Å². The Morgan fingerprint density at radius 3 is 2.79 bits per heavy atom. The molecule has 0 bridgehead atoms. The van der Waals surface area contributed by atoms with E-state index in [2.05, 4.69) is 0 Å². The summed E-state index contributed by atoms with van der Waals surface area (Å²) in [4.78, 5) is 11.0. The lowest BCUT2D eigenvalue weighted by Crippen LogP contribution is -2.15. The highest BCUT2D eigenvalue weighted by molar-refractivity contribution is 5.83. The molecule has 2 rings (SSSR count). The Kier molecular flexibility index (Phi) is 1.95. The molecule has 14 heavy (non-hydrogen) atoms. The van der Waals surface area contributed by atoms with E-state index >= 15 is 0 Å². The maximum absolute atomic E-state index is 11.0.